The number of hydrogen-bond donors (Lipinski definition) is 2. The average Bonchev–Trinajstić information content (AvgIpc) is 2.83. The highest BCUT2D eigenvalue weighted by Gasteiger charge is 2.14. The van der Waals surface area contributed by atoms with E-state index in [1.165, 1.54) is 5.56 Å². The Morgan fingerprint density at radius 3 is 2.26 bits per heavy atom. The molecule has 0 saturated heterocycles. The van der Waals surface area contributed by atoms with Crippen LogP contribution in [0.15, 0.2) is 34.7 Å². The monoisotopic (exact) mass is 314 g/mol. The molecule has 2 amide bonds. The summed E-state index contributed by atoms with van der Waals surface area (Å²) in [6.45, 7) is 8.12. The lowest BCUT2D eigenvalue weighted by atomic mass is 10.0. The fraction of sp³-hybridized carbons (Fsp3) is 0.333. The van der Waals surface area contributed by atoms with Crippen molar-refractivity contribution in [2.24, 2.45) is 0 Å². The number of rotatable bonds is 4. The number of benzene rings is 1. The zero-order valence-electron chi connectivity index (χ0n) is 13.9. The molecule has 1 aromatic heterocycles. The van der Waals surface area contributed by atoms with Crippen molar-refractivity contribution in [1.29, 1.82) is 0 Å². The molecule has 5 heteroatoms. The lowest BCUT2D eigenvalue weighted by molar-refractivity contribution is -0.136. The van der Waals surface area contributed by atoms with Crippen LogP contribution >= 0.6 is 0 Å². The molecule has 0 spiro atoms. The van der Waals surface area contributed by atoms with Crippen molar-refractivity contribution in [2.45, 2.75) is 40.2 Å². The summed E-state index contributed by atoms with van der Waals surface area (Å²) in [7, 11) is 0. The zero-order chi connectivity index (χ0) is 17.0. The fourth-order valence-electron chi connectivity index (χ4n) is 2.25. The maximum Gasteiger partial charge on any atom is 0.313 e. The Bertz CT molecular complexity index is 700. The molecule has 1 aromatic carbocycles. The SMILES string of the molecule is Cc1cc(CNC(=O)C(=O)Nc2ccc(C(C)C)cc2)c(C)o1. The summed E-state index contributed by atoms with van der Waals surface area (Å²) in [6, 6.07) is 9.32. The van der Waals surface area contributed by atoms with Crippen molar-refractivity contribution >= 4 is 17.5 Å². The molecule has 0 saturated carbocycles. The predicted octanol–water partition coefficient (Wildman–Crippen LogP) is 3.27. The summed E-state index contributed by atoms with van der Waals surface area (Å²) < 4.78 is 5.38. The van der Waals surface area contributed by atoms with Crippen LogP contribution in [0.3, 0.4) is 0 Å². The largest absolute Gasteiger partial charge is 0.466 e. The van der Waals surface area contributed by atoms with Gasteiger partial charge in [-0.1, -0.05) is 26.0 Å². The Morgan fingerprint density at radius 1 is 1.09 bits per heavy atom. The summed E-state index contributed by atoms with van der Waals surface area (Å²) >= 11 is 0. The first-order valence-corrected chi connectivity index (χ1v) is 7.62. The van der Waals surface area contributed by atoms with Gasteiger partial charge in [0.15, 0.2) is 0 Å². The Kier molecular flexibility index (Phi) is 5.21. The van der Waals surface area contributed by atoms with Gasteiger partial charge in [0.2, 0.25) is 0 Å². The zero-order valence-corrected chi connectivity index (χ0v) is 13.9. The van der Waals surface area contributed by atoms with E-state index in [2.05, 4.69) is 24.5 Å². The van der Waals surface area contributed by atoms with Crippen molar-refractivity contribution in [1.82, 2.24) is 5.32 Å². The van der Waals surface area contributed by atoms with E-state index in [-0.39, 0.29) is 6.54 Å². The minimum atomic E-state index is -0.680. The maximum atomic E-state index is 11.9. The summed E-state index contributed by atoms with van der Waals surface area (Å²) in [4.78, 5) is 23.8. The second-order valence-corrected chi connectivity index (χ2v) is 5.85. The van der Waals surface area contributed by atoms with Crippen molar-refractivity contribution < 1.29 is 14.0 Å². The number of hydrogen-bond acceptors (Lipinski definition) is 3. The highest BCUT2D eigenvalue weighted by molar-refractivity contribution is 6.39. The Labute approximate surface area is 136 Å². The number of nitrogens with one attached hydrogen (secondary N) is 2. The van der Waals surface area contributed by atoms with E-state index in [0.717, 1.165) is 17.1 Å². The van der Waals surface area contributed by atoms with E-state index in [9.17, 15) is 9.59 Å². The van der Waals surface area contributed by atoms with Crippen molar-refractivity contribution in [3.63, 3.8) is 0 Å². The molecule has 122 valence electrons. The van der Waals surface area contributed by atoms with Gasteiger partial charge in [-0.25, -0.2) is 0 Å². The second-order valence-electron chi connectivity index (χ2n) is 5.85. The Hall–Kier alpha value is -2.56. The standard InChI is InChI=1S/C18H22N2O3/c1-11(2)14-5-7-16(8-6-14)20-18(22)17(21)19-10-15-9-12(3)23-13(15)4/h5-9,11H,10H2,1-4H3,(H,19,21)(H,20,22). The first-order valence-electron chi connectivity index (χ1n) is 7.62. The smallest absolute Gasteiger partial charge is 0.313 e. The molecular weight excluding hydrogens is 292 g/mol. The van der Waals surface area contributed by atoms with Gasteiger partial charge < -0.3 is 15.1 Å². The summed E-state index contributed by atoms with van der Waals surface area (Å²) in [6.07, 6.45) is 0. The molecular formula is C18H22N2O3. The highest BCUT2D eigenvalue weighted by Crippen LogP contribution is 2.17. The van der Waals surface area contributed by atoms with E-state index in [0.29, 0.717) is 11.6 Å². The molecule has 0 unspecified atom stereocenters. The molecule has 1 heterocycles. The molecule has 2 rings (SSSR count). The van der Waals surface area contributed by atoms with E-state index in [4.69, 9.17) is 4.42 Å². The van der Waals surface area contributed by atoms with Gasteiger partial charge in [-0.05, 0) is 43.5 Å². The number of amides is 2. The number of aryl methyl sites for hydroxylation is 2. The molecule has 0 aliphatic rings. The van der Waals surface area contributed by atoms with Gasteiger partial charge in [0.05, 0.1) is 0 Å². The van der Waals surface area contributed by atoms with Crippen molar-refractivity contribution in [2.75, 3.05) is 5.32 Å². The first-order chi connectivity index (χ1) is 10.9. The van der Waals surface area contributed by atoms with E-state index in [1.807, 2.05) is 32.0 Å². The predicted molar refractivity (Wildman–Crippen MR) is 89.2 cm³/mol. The van der Waals surface area contributed by atoms with Crippen LogP contribution in [0.2, 0.25) is 0 Å². The van der Waals surface area contributed by atoms with Gasteiger partial charge in [0.1, 0.15) is 11.5 Å². The van der Waals surface area contributed by atoms with Crippen LogP contribution in [0.5, 0.6) is 0 Å². The summed E-state index contributed by atoms with van der Waals surface area (Å²) in [5.41, 5.74) is 2.65. The molecule has 0 aliphatic carbocycles. The Morgan fingerprint density at radius 2 is 1.74 bits per heavy atom. The maximum absolute atomic E-state index is 11.9. The third-order valence-corrected chi connectivity index (χ3v) is 3.62. The molecule has 2 aromatic rings. The van der Waals surface area contributed by atoms with Crippen LogP contribution in [-0.2, 0) is 16.1 Å². The molecule has 0 bridgehead atoms. The van der Waals surface area contributed by atoms with Gasteiger partial charge in [-0.2, -0.15) is 0 Å². The molecule has 5 nitrogen and oxygen atoms in total. The van der Waals surface area contributed by atoms with Gasteiger partial charge in [0, 0.05) is 17.8 Å². The third kappa shape index (κ3) is 4.45. The molecule has 0 aliphatic heterocycles. The summed E-state index contributed by atoms with van der Waals surface area (Å²) in [5.74, 6) is 0.593. The van der Waals surface area contributed by atoms with E-state index in [1.54, 1.807) is 12.1 Å². The quantitative estimate of drug-likeness (QED) is 0.851. The first kappa shape index (κ1) is 16.8. The molecule has 0 radical (unpaired) electrons. The summed E-state index contributed by atoms with van der Waals surface area (Å²) in [5, 5.41) is 5.18. The van der Waals surface area contributed by atoms with E-state index < -0.39 is 11.8 Å². The fourth-order valence-corrected chi connectivity index (χ4v) is 2.25. The van der Waals surface area contributed by atoms with Crippen LogP contribution < -0.4 is 10.6 Å². The molecule has 23 heavy (non-hydrogen) atoms. The minimum Gasteiger partial charge on any atom is -0.466 e. The van der Waals surface area contributed by atoms with Gasteiger partial charge in [-0.15, -0.1) is 0 Å². The number of furan rings is 1. The van der Waals surface area contributed by atoms with Crippen LogP contribution in [0.4, 0.5) is 5.69 Å². The van der Waals surface area contributed by atoms with Gasteiger partial charge in [0.25, 0.3) is 0 Å². The lowest BCUT2D eigenvalue weighted by Crippen LogP contribution is -2.35. The van der Waals surface area contributed by atoms with Crippen molar-refractivity contribution in [3.05, 3.63) is 53.0 Å². The lowest BCUT2D eigenvalue weighted by Gasteiger charge is -2.08. The van der Waals surface area contributed by atoms with Crippen LogP contribution in [0.25, 0.3) is 0 Å². The van der Waals surface area contributed by atoms with Crippen LogP contribution in [0, 0.1) is 13.8 Å². The minimum absolute atomic E-state index is 0.266. The number of carbonyl (C=O) groups excluding carboxylic acids is 2. The van der Waals surface area contributed by atoms with Crippen LogP contribution in [0.1, 0.15) is 42.4 Å². The molecule has 0 fully saturated rings. The normalized spacial score (nSPS) is 10.7. The second kappa shape index (κ2) is 7.13. The number of anilines is 1. The number of carbonyl (C=O) groups is 2. The third-order valence-electron chi connectivity index (χ3n) is 3.62. The average molecular weight is 314 g/mol. The highest BCUT2D eigenvalue weighted by atomic mass is 16.3. The molecule has 0 atom stereocenters. The Balaban J connectivity index is 1.89. The van der Waals surface area contributed by atoms with Crippen molar-refractivity contribution in [3.8, 4) is 0 Å². The topological polar surface area (TPSA) is 71.3 Å². The van der Waals surface area contributed by atoms with Gasteiger partial charge >= 0.3 is 11.8 Å². The molecule has 2 N–H and O–H groups in total. The van der Waals surface area contributed by atoms with Gasteiger partial charge in [-0.3, -0.25) is 9.59 Å². The van der Waals surface area contributed by atoms with E-state index >= 15 is 0 Å². The van der Waals surface area contributed by atoms with Crippen LogP contribution in [-0.4, -0.2) is 11.8 Å².